The standard InChI is InChI=1S/C15H23N/c1-12-7-6-10-15(11-12)16-13(2)14-8-4-3-5-9-14/h6-7,10-11,13-14,16H,3-5,8-9H2,1-2H3/t13-/m0/s1. The highest BCUT2D eigenvalue weighted by atomic mass is 14.9. The van der Waals surface area contributed by atoms with Crippen LogP contribution in [0.1, 0.15) is 44.6 Å². The van der Waals surface area contributed by atoms with E-state index in [1.54, 1.807) is 0 Å². The van der Waals surface area contributed by atoms with E-state index in [1.165, 1.54) is 43.4 Å². The molecule has 1 saturated carbocycles. The van der Waals surface area contributed by atoms with Gasteiger partial charge in [-0.25, -0.2) is 0 Å². The van der Waals surface area contributed by atoms with E-state index in [0.29, 0.717) is 6.04 Å². The summed E-state index contributed by atoms with van der Waals surface area (Å²) in [5, 5.41) is 3.65. The summed E-state index contributed by atoms with van der Waals surface area (Å²) < 4.78 is 0. The minimum absolute atomic E-state index is 0.613. The Morgan fingerprint density at radius 3 is 2.62 bits per heavy atom. The summed E-state index contributed by atoms with van der Waals surface area (Å²) in [6.07, 6.45) is 7.09. The Bertz CT molecular complexity index is 326. The normalized spacial score (nSPS) is 19.4. The molecule has 0 spiro atoms. The molecule has 0 saturated heterocycles. The minimum atomic E-state index is 0.613. The maximum atomic E-state index is 3.65. The van der Waals surface area contributed by atoms with Crippen LogP contribution in [0.4, 0.5) is 5.69 Å². The van der Waals surface area contributed by atoms with Crippen molar-refractivity contribution in [3.63, 3.8) is 0 Å². The average Bonchev–Trinajstić information content (AvgIpc) is 2.30. The number of hydrogen-bond acceptors (Lipinski definition) is 1. The van der Waals surface area contributed by atoms with Crippen LogP contribution in [-0.2, 0) is 0 Å². The molecule has 16 heavy (non-hydrogen) atoms. The molecular weight excluding hydrogens is 194 g/mol. The molecule has 1 atom stereocenters. The predicted molar refractivity (Wildman–Crippen MR) is 70.8 cm³/mol. The molecule has 1 aliphatic carbocycles. The molecule has 0 unspecified atom stereocenters. The summed E-state index contributed by atoms with van der Waals surface area (Å²) in [5.41, 5.74) is 2.61. The molecular formula is C15H23N. The van der Waals surface area contributed by atoms with Crippen molar-refractivity contribution in [3.05, 3.63) is 29.8 Å². The van der Waals surface area contributed by atoms with Gasteiger partial charge in [0.1, 0.15) is 0 Å². The van der Waals surface area contributed by atoms with Crippen LogP contribution in [-0.4, -0.2) is 6.04 Å². The van der Waals surface area contributed by atoms with Crippen LogP contribution < -0.4 is 5.32 Å². The molecule has 1 aliphatic rings. The molecule has 1 aromatic carbocycles. The van der Waals surface area contributed by atoms with E-state index in [2.05, 4.69) is 43.4 Å². The summed E-state index contributed by atoms with van der Waals surface area (Å²) in [6.45, 7) is 4.48. The highest BCUT2D eigenvalue weighted by Crippen LogP contribution is 2.28. The fraction of sp³-hybridized carbons (Fsp3) is 0.600. The second-order valence-corrected chi connectivity index (χ2v) is 5.20. The van der Waals surface area contributed by atoms with Gasteiger partial charge >= 0.3 is 0 Å². The van der Waals surface area contributed by atoms with Crippen LogP contribution in [0, 0.1) is 12.8 Å². The third-order valence-electron chi connectivity index (χ3n) is 3.77. The molecule has 1 aromatic rings. The van der Waals surface area contributed by atoms with Gasteiger partial charge in [-0.1, -0.05) is 31.4 Å². The van der Waals surface area contributed by atoms with E-state index in [-0.39, 0.29) is 0 Å². The maximum Gasteiger partial charge on any atom is 0.0344 e. The molecule has 0 aliphatic heterocycles. The Labute approximate surface area is 99.3 Å². The first-order valence-electron chi connectivity index (χ1n) is 6.59. The lowest BCUT2D eigenvalue weighted by atomic mass is 9.84. The summed E-state index contributed by atoms with van der Waals surface area (Å²) >= 11 is 0. The van der Waals surface area contributed by atoms with E-state index in [1.807, 2.05) is 0 Å². The second-order valence-electron chi connectivity index (χ2n) is 5.20. The SMILES string of the molecule is Cc1cccc(N[C@@H](C)C2CCCCC2)c1. The Morgan fingerprint density at radius 2 is 1.94 bits per heavy atom. The molecule has 1 heteroatoms. The molecule has 1 N–H and O–H groups in total. The zero-order valence-corrected chi connectivity index (χ0v) is 10.5. The summed E-state index contributed by atoms with van der Waals surface area (Å²) in [6, 6.07) is 9.30. The number of aryl methyl sites for hydroxylation is 1. The Morgan fingerprint density at radius 1 is 1.19 bits per heavy atom. The van der Waals surface area contributed by atoms with E-state index in [9.17, 15) is 0 Å². The molecule has 0 bridgehead atoms. The predicted octanol–water partition coefficient (Wildman–Crippen LogP) is 4.38. The van der Waals surface area contributed by atoms with Crippen LogP contribution in [0.2, 0.25) is 0 Å². The fourth-order valence-electron chi connectivity index (χ4n) is 2.75. The van der Waals surface area contributed by atoms with Crippen molar-refractivity contribution in [1.29, 1.82) is 0 Å². The fourth-order valence-corrected chi connectivity index (χ4v) is 2.75. The van der Waals surface area contributed by atoms with Crippen molar-refractivity contribution >= 4 is 5.69 Å². The van der Waals surface area contributed by atoms with Gasteiger partial charge in [-0.15, -0.1) is 0 Å². The molecule has 0 amide bonds. The molecule has 0 radical (unpaired) electrons. The van der Waals surface area contributed by atoms with Crippen LogP contribution >= 0.6 is 0 Å². The highest BCUT2D eigenvalue weighted by Gasteiger charge is 2.19. The summed E-state index contributed by atoms with van der Waals surface area (Å²) in [5.74, 6) is 0.870. The van der Waals surface area contributed by atoms with Crippen LogP contribution in [0.15, 0.2) is 24.3 Å². The van der Waals surface area contributed by atoms with Gasteiger partial charge in [0.2, 0.25) is 0 Å². The second kappa shape index (κ2) is 5.38. The van der Waals surface area contributed by atoms with Gasteiger partial charge in [0, 0.05) is 11.7 Å². The molecule has 1 fully saturated rings. The van der Waals surface area contributed by atoms with Gasteiger partial charge in [-0.3, -0.25) is 0 Å². The van der Waals surface area contributed by atoms with Gasteiger partial charge in [-0.05, 0) is 50.3 Å². The highest BCUT2D eigenvalue weighted by molar-refractivity contribution is 5.46. The van der Waals surface area contributed by atoms with E-state index < -0.39 is 0 Å². The van der Waals surface area contributed by atoms with Crippen molar-refractivity contribution in [2.24, 2.45) is 5.92 Å². The van der Waals surface area contributed by atoms with Crippen LogP contribution in [0.25, 0.3) is 0 Å². The monoisotopic (exact) mass is 217 g/mol. The number of nitrogens with one attached hydrogen (secondary N) is 1. The number of hydrogen-bond donors (Lipinski definition) is 1. The molecule has 0 aromatic heterocycles. The van der Waals surface area contributed by atoms with Crippen molar-refractivity contribution in [3.8, 4) is 0 Å². The molecule has 2 rings (SSSR count). The van der Waals surface area contributed by atoms with E-state index in [4.69, 9.17) is 0 Å². The molecule has 88 valence electrons. The van der Waals surface area contributed by atoms with Crippen molar-refractivity contribution in [2.75, 3.05) is 5.32 Å². The maximum absolute atomic E-state index is 3.65. The number of benzene rings is 1. The topological polar surface area (TPSA) is 12.0 Å². The van der Waals surface area contributed by atoms with Gasteiger partial charge in [-0.2, -0.15) is 0 Å². The van der Waals surface area contributed by atoms with Gasteiger partial charge in [0.25, 0.3) is 0 Å². The third kappa shape index (κ3) is 3.01. The quantitative estimate of drug-likeness (QED) is 0.792. The zero-order chi connectivity index (χ0) is 11.4. The number of rotatable bonds is 3. The van der Waals surface area contributed by atoms with Crippen LogP contribution in [0.3, 0.4) is 0 Å². The summed E-state index contributed by atoms with van der Waals surface area (Å²) in [4.78, 5) is 0. The first-order valence-corrected chi connectivity index (χ1v) is 6.59. The minimum Gasteiger partial charge on any atom is -0.382 e. The number of anilines is 1. The van der Waals surface area contributed by atoms with Crippen LogP contribution in [0.5, 0.6) is 0 Å². The van der Waals surface area contributed by atoms with Gasteiger partial charge in [0.05, 0.1) is 0 Å². The Balaban J connectivity index is 1.93. The average molecular weight is 217 g/mol. The van der Waals surface area contributed by atoms with Crippen molar-refractivity contribution in [1.82, 2.24) is 0 Å². The first-order chi connectivity index (χ1) is 7.75. The molecule has 0 heterocycles. The van der Waals surface area contributed by atoms with Crippen molar-refractivity contribution < 1.29 is 0 Å². The Hall–Kier alpha value is -0.980. The van der Waals surface area contributed by atoms with E-state index >= 15 is 0 Å². The largest absolute Gasteiger partial charge is 0.382 e. The van der Waals surface area contributed by atoms with Gasteiger partial charge in [0.15, 0.2) is 0 Å². The molecule has 1 nitrogen and oxygen atoms in total. The third-order valence-corrected chi connectivity index (χ3v) is 3.77. The lowest BCUT2D eigenvalue weighted by molar-refractivity contribution is 0.328. The smallest absolute Gasteiger partial charge is 0.0344 e. The van der Waals surface area contributed by atoms with Crippen molar-refractivity contribution in [2.45, 2.75) is 52.0 Å². The van der Waals surface area contributed by atoms with E-state index in [0.717, 1.165) is 5.92 Å². The Kier molecular flexibility index (Phi) is 3.87. The first kappa shape index (κ1) is 11.5. The van der Waals surface area contributed by atoms with Gasteiger partial charge < -0.3 is 5.32 Å². The zero-order valence-electron chi connectivity index (χ0n) is 10.5. The summed E-state index contributed by atoms with van der Waals surface area (Å²) in [7, 11) is 0. The lowest BCUT2D eigenvalue weighted by Crippen LogP contribution is -2.27. The lowest BCUT2D eigenvalue weighted by Gasteiger charge is -2.29.